The quantitative estimate of drug-likeness (QED) is 0.902. The Bertz CT molecular complexity index is 595. The molecule has 0 spiro atoms. The fraction of sp³-hybridized carbons (Fsp3) is 0.308. The Kier molecular flexibility index (Phi) is 3.26. The van der Waals surface area contributed by atoms with Gasteiger partial charge in [-0.25, -0.2) is 0 Å². The highest BCUT2D eigenvalue weighted by Crippen LogP contribution is 2.35. The minimum atomic E-state index is 0.494. The second-order valence-corrected chi connectivity index (χ2v) is 4.29. The van der Waals surface area contributed by atoms with E-state index in [1.165, 1.54) is 0 Å². The van der Waals surface area contributed by atoms with Crippen LogP contribution in [0.15, 0.2) is 12.1 Å². The molecule has 1 aromatic heterocycles. The maximum Gasteiger partial charge on any atom is 0.143 e. The molecule has 1 N–H and O–H groups in total. The van der Waals surface area contributed by atoms with Gasteiger partial charge in [-0.2, -0.15) is 5.26 Å². The molecule has 88 valence electrons. The zero-order valence-corrected chi connectivity index (χ0v) is 10.6. The molecule has 3 nitrogen and oxygen atoms in total. The fourth-order valence-corrected chi connectivity index (χ4v) is 2.34. The van der Waals surface area contributed by atoms with E-state index in [9.17, 15) is 0 Å². The second kappa shape index (κ2) is 4.68. The minimum Gasteiger partial charge on any atom is -0.495 e. The van der Waals surface area contributed by atoms with Gasteiger partial charge in [0.1, 0.15) is 5.75 Å². The van der Waals surface area contributed by atoms with Gasteiger partial charge in [0.2, 0.25) is 0 Å². The average molecular weight is 249 g/mol. The van der Waals surface area contributed by atoms with Crippen LogP contribution in [-0.4, -0.2) is 12.1 Å². The van der Waals surface area contributed by atoms with Gasteiger partial charge >= 0.3 is 0 Å². The highest BCUT2D eigenvalue weighted by atomic mass is 35.5. The lowest BCUT2D eigenvalue weighted by Crippen LogP contribution is -1.86. The first-order chi connectivity index (χ1) is 8.19. The third-order valence-corrected chi connectivity index (χ3v) is 3.24. The molecule has 0 amide bonds. The van der Waals surface area contributed by atoms with E-state index in [4.69, 9.17) is 21.6 Å². The number of benzene rings is 1. The molecule has 0 fully saturated rings. The van der Waals surface area contributed by atoms with E-state index in [0.717, 1.165) is 27.9 Å². The van der Waals surface area contributed by atoms with Gasteiger partial charge in [0.15, 0.2) is 0 Å². The van der Waals surface area contributed by atoms with E-state index in [1.807, 2.05) is 19.1 Å². The summed E-state index contributed by atoms with van der Waals surface area (Å²) in [4.78, 5) is 3.30. The molecular weight excluding hydrogens is 236 g/mol. The van der Waals surface area contributed by atoms with Crippen LogP contribution in [0.2, 0.25) is 5.02 Å². The van der Waals surface area contributed by atoms with Gasteiger partial charge < -0.3 is 9.72 Å². The Morgan fingerprint density at radius 3 is 2.88 bits per heavy atom. The van der Waals surface area contributed by atoms with Crippen molar-refractivity contribution in [1.29, 1.82) is 5.26 Å². The first kappa shape index (κ1) is 11.8. The Hall–Kier alpha value is -1.66. The fourth-order valence-electron chi connectivity index (χ4n) is 2.05. The van der Waals surface area contributed by atoms with E-state index in [1.54, 1.807) is 7.11 Å². The van der Waals surface area contributed by atoms with Crippen molar-refractivity contribution < 1.29 is 4.74 Å². The SMILES string of the molecule is COc1ccc(Cl)c2c(C)c(CCC#N)[nH]c12. The number of hydrogen-bond acceptors (Lipinski definition) is 2. The Balaban J connectivity index is 2.63. The van der Waals surface area contributed by atoms with Gasteiger partial charge in [-0.3, -0.25) is 0 Å². The van der Waals surface area contributed by atoms with E-state index < -0.39 is 0 Å². The summed E-state index contributed by atoms with van der Waals surface area (Å²) in [5.74, 6) is 0.774. The largest absolute Gasteiger partial charge is 0.495 e. The number of nitrogens with one attached hydrogen (secondary N) is 1. The lowest BCUT2D eigenvalue weighted by Gasteiger charge is -2.02. The smallest absolute Gasteiger partial charge is 0.143 e. The third kappa shape index (κ3) is 1.96. The van der Waals surface area contributed by atoms with Crippen molar-refractivity contribution in [2.75, 3.05) is 7.11 Å². The molecule has 0 atom stereocenters. The second-order valence-electron chi connectivity index (χ2n) is 3.89. The molecule has 0 unspecified atom stereocenters. The summed E-state index contributed by atoms with van der Waals surface area (Å²) in [5.41, 5.74) is 3.05. The monoisotopic (exact) mass is 248 g/mol. The number of fused-ring (bicyclic) bond motifs is 1. The van der Waals surface area contributed by atoms with Gasteiger partial charge in [0, 0.05) is 23.9 Å². The Labute approximate surface area is 105 Å². The number of aromatic amines is 1. The summed E-state index contributed by atoms with van der Waals surface area (Å²) in [5, 5.41) is 10.3. The molecule has 0 saturated heterocycles. The van der Waals surface area contributed by atoms with Crippen LogP contribution < -0.4 is 4.74 Å². The number of rotatable bonds is 3. The van der Waals surface area contributed by atoms with Crippen LogP contribution in [0.1, 0.15) is 17.7 Å². The van der Waals surface area contributed by atoms with Crippen LogP contribution in [0.25, 0.3) is 10.9 Å². The number of halogens is 1. The number of ether oxygens (including phenoxy) is 1. The van der Waals surface area contributed by atoms with Crippen LogP contribution in [0.4, 0.5) is 0 Å². The summed E-state index contributed by atoms with van der Waals surface area (Å²) in [6.45, 7) is 2.01. The molecule has 2 aromatic rings. The molecule has 2 rings (SSSR count). The van der Waals surface area contributed by atoms with Crippen molar-refractivity contribution in [1.82, 2.24) is 4.98 Å². The highest BCUT2D eigenvalue weighted by molar-refractivity contribution is 6.36. The molecular formula is C13H13ClN2O. The van der Waals surface area contributed by atoms with E-state index in [0.29, 0.717) is 17.9 Å². The molecule has 17 heavy (non-hydrogen) atoms. The summed E-state index contributed by atoms with van der Waals surface area (Å²) in [7, 11) is 1.63. The molecule has 0 bridgehead atoms. The predicted molar refractivity (Wildman–Crippen MR) is 68.5 cm³/mol. The first-order valence-electron chi connectivity index (χ1n) is 5.39. The van der Waals surface area contributed by atoms with Crippen molar-refractivity contribution in [2.45, 2.75) is 19.8 Å². The summed E-state index contributed by atoms with van der Waals surface area (Å²) < 4.78 is 5.30. The number of nitrogens with zero attached hydrogens (tertiary/aromatic N) is 1. The number of aryl methyl sites for hydroxylation is 2. The van der Waals surface area contributed by atoms with Crippen LogP contribution in [-0.2, 0) is 6.42 Å². The molecule has 1 aromatic carbocycles. The van der Waals surface area contributed by atoms with Crippen molar-refractivity contribution in [3.05, 3.63) is 28.4 Å². The number of methoxy groups -OCH3 is 1. The molecule has 0 aliphatic rings. The van der Waals surface area contributed by atoms with Crippen molar-refractivity contribution >= 4 is 22.5 Å². The molecule has 4 heteroatoms. The third-order valence-electron chi connectivity index (χ3n) is 2.93. The van der Waals surface area contributed by atoms with E-state index in [2.05, 4.69) is 11.1 Å². The summed E-state index contributed by atoms with van der Waals surface area (Å²) >= 11 is 6.20. The standard InChI is InChI=1S/C13H13ClN2O/c1-8-10(4-3-7-15)16-13-11(17-2)6-5-9(14)12(8)13/h5-6,16H,3-4H2,1-2H3. The molecule has 1 heterocycles. The maximum atomic E-state index is 8.63. The Morgan fingerprint density at radius 2 is 2.24 bits per heavy atom. The zero-order chi connectivity index (χ0) is 12.4. The molecule has 0 aliphatic carbocycles. The lowest BCUT2D eigenvalue weighted by molar-refractivity contribution is 0.419. The Morgan fingerprint density at radius 1 is 1.47 bits per heavy atom. The van der Waals surface area contributed by atoms with Gasteiger partial charge in [0.05, 0.1) is 23.7 Å². The number of H-pyrrole nitrogens is 1. The van der Waals surface area contributed by atoms with E-state index >= 15 is 0 Å². The highest BCUT2D eigenvalue weighted by Gasteiger charge is 2.13. The van der Waals surface area contributed by atoms with Gasteiger partial charge in [-0.1, -0.05) is 11.6 Å². The topological polar surface area (TPSA) is 48.8 Å². The zero-order valence-electron chi connectivity index (χ0n) is 9.80. The van der Waals surface area contributed by atoms with Crippen molar-refractivity contribution in [3.8, 4) is 11.8 Å². The van der Waals surface area contributed by atoms with Gasteiger partial charge in [0.25, 0.3) is 0 Å². The molecule has 0 radical (unpaired) electrons. The summed E-state index contributed by atoms with van der Waals surface area (Å²) in [6, 6.07) is 5.82. The number of hydrogen-bond donors (Lipinski definition) is 1. The summed E-state index contributed by atoms with van der Waals surface area (Å²) in [6.07, 6.45) is 1.20. The van der Waals surface area contributed by atoms with Crippen LogP contribution >= 0.6 is 11.6 Å². The van der Waals surface area contributed by atoms with Crippen molar-refractivity contribution in [3.63, 3.8) is 0 Å². The lowest BCUT2D eigenvalue weighted by atomic mass is 10.1. The minimum absolute atomic E-state index is 0.494. The maximum absolute atomic E-state index is 8.63. The van der Waals surface area contributed by atoms with E-state index in [-0.39, 0.29) is 0 Å². The van der Waals surface area contributed by atoms with Gasteiger partial charge in [-0.15, -0.1) is 0 Å². The molecule has 0 aliphatic heterocycles. The van der Waals surface area contributed by atoms with Crippen molar-refractivity contribution in [2.24, 2.45) is 0 Å². The normalized spacial score (nSPS) is 10.5. The van der Waals surface area contributed by atoms with Crippen LogP contribution in [0.5, 0.6) is 5.75 Å². The molecule has 0 saturated carbocycles. The van der Waals surface area contributed by atoms with Gasteiger partial charge in [-0.05, 0) is 24.6 Å². The van der Waals surface area contributed by atoms with Crippen LogP contribution in [0, 0.1) is 18.3 Å². The first-order valence-corrected chi connectivity index (χ1v) is 5.77. The predicted octanol–water partition coefficient (Wildman–Crippen LogP) is 3.59. The number of aromatic nitrogens is 1. The average Bonchev–Trinajstić information content (AvgIpc) is 2.66. The number of nitriles is 1. The van der Waals surface area contributed by atoms with Crippen LogP contribution in [0.3, 0.4) is 0 Å².